The molecule has 0 aliphatic heterocycles. The lowest BCUT2D eigenvalue weighted by Crippen LogP contribution is -2.32. The molecule has 18 heavy (non-hydrogen) atoms. The number of esters is 1. The Hall–Kier alpha value is -1.10. The predicted molar refractivity (Wildman–Crippen MR) is 67.0 cm³/mol. The second kappa shape index (κ2) is 7.36. The first kappa shape index (κ1) is 15.0. The normalized spacial score (nSPS) is 20.1. The Morgan fingerprint density at radius 1 is 1.33 bits per heavy atom. The van der Waals surface area contributed by atoms with Gasteiger partial charge >= 0.3 is 11.9 Å². The zero-order valence-electron chi connectivity index (χ0n) is 10.9. The van der Waals surface area contributed by atoms with Crippen LogP contribution in [0.2, 0.25) is 0 Å². The molecule has 0 amide bonds. The third-order valence-electron chi connectivity index (χ3n) is 3.34. The third kappa shape index (κ3) is 5.49. The van der Waals surface area contributed by atoms with Gasteiger partial charge in [-0.15, -0.1) is 0 Å². The summed E-state index contributed by atoms with van der Waals surface area (Å²) >= 11 is 0. The maximum Gasteiger partial charge on any atom is 0.320 e. The number of carboxylic acids is 1. The second-order valence-corrected chi connectivity index (χ2v) is 5.24. The van der Waals surface area contributed by atoms with E-state index >= 15 is 0 Å². The van der Waals surface area contributed by atoms with Crippen LogP contribution in [-0.4, -0.2) is 29.2 Å². The first-order valence-electron chi connectivity index (χ1n) is 6.67. The van der Waals surface area contributed by atoms with Gasteiger partial charge in [0.15, 0.2) is 0 Å². The number of nitrogens with two attached hydrogens (primary N) is 1. The first-order valence-corrected chi connectivity index (χ1v) is 6.67. The maximum absolute atomic E-state index is 11.7. The van der Waals surface area contributed by atoms with Crippen molar-refractivity contribution in [1.82, 2.24) is 0 Å². The van der Waals surface area contributed by atoms with Crippen LogP contribution in [0.1, 0.15) is 51.9 Å². The number of carbonyl (C=O) groups excluding carboxylic acids is 1. The molecular weight excluding hydrogens is 234 g/mol. The summed E-state index contributed by atoms with van der Waals surface area (Å²) in [7, 11) is 0. The smallest absolute Gasteiger partial charge is 0.320 e. The molecule has 0 heterocycles. The Balaban J connectivity index is 2.24. The molecule has 0 radical (unpaired) electrons. The minimum Gasteiger partial charge on any atom is -0.480 e. The molecule has 5 heteroatoms. The summed E-state index contributed by atoms with van der Waals surface area (Å²) in [5, 5.41) is 8.68. The third-order valence-corrected chi connectivity index (χ3v) is 3.34. The number of aliphatic carboxylic acids is 1. The zero-order chi connectivity index (χ0) is 13.5. The van der Waals surface area contributed by atoms with Crippen LogP contribution in [0.25, 0.3) is 0 Å². The van der Waals surface area contributed by atoms with Crippen molar-refractivity contribution in [1.29, 1.82) is 0 Å². The first-order chi connectivity index (χ1) is 8.49. The molecule has 0 aromatic heterocycles. The van der Waals surface area contributed by atoms with Crippen LogP contribution in [0.3, 0.4) is 0 Å². The molecular formula is C13H23NO4. The van der Waals surface area contributed by atoms with Crippen LogP contribution < -0.4 is 5.73 Å². The Kier molecular flexibility index (Phi) is 6.12. The molecule has 5 nitrogen and oxygen atoms in total. The highest BCUT2D eigenvalue weighted by Crippen LogP contribution is 2.21. The number of hydrogen-bond acceptors (Lipinski definition) is 4. The Morgan fingerprint density at radius 3 is 2.50 bits per heavy atom. The summed E-state index contributed by atoms with van der Waals surface area (Å²) in [6, 6.07) is -0.900. The van der Waals surface area contributed by atoms with E-state index in [0.717, 1.165) is 25.7 Å². The van der Waals surface area contributed by atoms with Gasteiger partial charge in [-0.2, -0.15) is 0 Å². The van der Waals surface area contributed by atoms with Crippen LogP contribution in [-0.2, 0) is 14.3 Å². The van der Waals surface area contributed by atoms with E-state index in [-0.39, 0.29) is 24.4 Å². The fourth-order valence-electron chi connectivity index (χ4n) is 2.32. The molecule has 104 valence electrons. The SMILES string of the molecule is CC(CC(=O)OC1CCCCC1)C[C@H](N)C(=O)O. The molecule has 1 saturated carbocycles. The molecule has 1 rings (SSSR count). The maximum atomic E-state index is 11.7. The summed E-state index contributed by atoms with van der Waals surface area (Å²) < 4.78 is 5.38. The summed E-state index contributed by atoms with van der Waals surface area (Å²) in [6.45, 7) is 1.82. The molecule has 3 N–H and O–H groups in total. The van der Waals surface area contributed by atoms with Crippen LogP contribution in [0.5, 0.6) is 0 Å². The average Bonchev–Trinajstić information content (AvgIpc) is 2.29. The molecule has 0 saturated heterocycles. The van der Waals surface area contributed by atoms with E-state index < -0.39 is 12.0 Å². The van der Waals surface area contributed by atoms with E-state index in [9.17, 15) is 9.59 Å². The van der Waals surface area contributed by atoms with Gasteiger partial charge in [0.2, 0.25) is 0 Å². The lowest BCUT2D eigenvalue weighted by molar-refractivity contribution is -0.152. The number of hydrogen-bond donors (Lipinski definition) is 2. The molecule has 1 aliphatic carbocycles. The van der Waals surface area contributed by atoms with Crippen molar-refractivity contribution < 1.29 is 19.4 Å². The van der Waals surface area contributed by atoms with Gasteiger partial charge in [-0.1, -0.05) is 13.3 Å². The molecule has 0 spiro atoms. The van der Waals surface area contributed by atoms with E-state index in [0.29, 0.717) is 6.42 Å². The van der Waals surface area contributed by atoms with E-state index in [4.69, 9.17) is 15.6 Å². The Labute approximate surface area is 108 Å². The van der Waals surface area contributed by atoms with Gasteiger partial charge in [0.05, 0.1) is 0 Å². The summed E-state index contributed by atoms with van der Waals surface area (Å²) in [5.41, 5.74) is 5.43. The number of carbonyl (C=O) groups is 2. The van der Waals surface area contributed by atoms with Crippen molar-refractivity contribution in [2.24, 2.45) is 11.7 Å². The second-order valence-electron chi connectivity index (χ2n) is 5.24. The van der Waals surface area contributed by atoms with Crippen molar-refractivity contribution in [2.75, 3.05) is 0 Å². The summed E-state index contributed by atoms with van der Waals surface area (Å²) in [4.78, 5) is 22.3. The Morgan fingerprint density at radius 2 is 1.94 bits per heavy atom. The molecule has 0 aromatic carbocycles. The molecule has 1 unspecified atom stereocenters. The van der Waals surface area contributed by atoms with Gasteiger partial charge < -0.3 is 15.6 Å². The van der Waals surface area contributed by atoms with Crippen molar-refractivity contribution in [3.8, 4) is 0 Å². The molecule has 2 atom stereocenters. The lowest BCUT2D eigenvalue weighted by atomic mass is 9.97. The van der Waals surface area contributed by atoms with Crippen LogP contribution >= 0.6 is 0 Å². The Bertz CT molecular complexity index is 287. The summed E-state index contributed by atoms with van der Waals surface area (Å²) in [6.07, 6.45) is 5.98. The lowest BCUT2D eigenvalue weighted by Gasteiger charge is -2.22. The highest BCUT2D eigenvalue weighted by Gasteiger charge is 2.21. The minimum atomic E-state index is -1.03. The largest absolute Gasteiger partial charge is 0.480 e. The van der Waals surface area contributed by atoms with Crippen molar-refractivity contribution in [2.45, 2.75) is 64.0 Å². The topological polar surface area (TPSA) is 89.6 Å². The number of rotatable bonds is 6. The predicted octanol–water partition coefficient (Wildman–Crippen LogP) is 1.69. The monoisotopic (exact) mass is 257 g/mol. The van der Waals surface area contributed by atoms with Gasteiger partial charge in [0, 0.05) is 6.42 Å². The van der Waals surface area contributed by atoms with E-state index in [2.05, 4.69) is 0 Å². The minimum absolute atomic E-state index is 0.0617. The quantitative estimate of drug-likeness (QED) is 0.707. The van der Waals surface area contributed by atoms with Gasteiger partial charge in [0.25, 0.3) is 0 Å². The fraction of sp³-hybridized carbons (Fsp3) is 0.846. The van der Waals surface area contributed by atoms with E-state index in [1.807, 2.05) is 6.92 Å². The van der Waals surface area contributed by atoms with E-state index in [1.165, 1.54) is 6.42 Å². The van der Waals surface area contributed by atoms with Gasteiger partial charge in [-0.25, -0.2) is 0 Å². The highest BCUT2D eigenvalue weighted by molar-refractivity contribution is 5.73. The van der Waals surface area contributed by atoms with Gasteiger partial charge in [0.1, 0.15) is 12.1 Å². The van der Waals surface area contributed by atoms with Crippen LogP contribution in [0.4, 0.5) is 0 Å². The standard InChI is InChI=1S/C13H23NO4/c1-9(7-11(14)13(16)17)8-12(15)18-10-5-3-2-4-6-10/h9-11H,2-8,14H2,1H3,(H,16,17)/t9?,11-/m0/s1. The van der Waals surface area contributed by atoms with Crippen molar-refractivity contribution >= 4 is 11.9 Å². The van der Waals surface area contributed by atoms with Crippen molar-refractivity contribution in [3.05, 3.63) is 0 Å². The fourth-order valence-corrected chi connectivity index (χ4v) is 2.32. The van der Waals surface area contributed by atoms with Crippen molar-refractivity contribution in [3.63, 3.8) is 0 Å². The van der Waals surface area contributed by atoms with E-state index in [1.54, 1.807) is 0 Å². The van der Waals surface area contributed by atoms with Gasteiger partial charge in [-0.3, -0.25) is 9.59 Å². The number of carboxylic acid groups (broad SMARTS) is 1. The molecule has 0 bridgehead atoms. The summed E-state index contributed by atoms with van der Waals surface area (Å²) in [5.74, 6) is -1.32. The molecule has 0 aromatic rings. The molecule has 1 fully saturated rings. The molecule has 1 aliphatic rings. The van der Waals surface area contributed by atoms with Crippen LogP contribution in [0, 0.1) is 5.92 Å². The zero-order valence-corrected chi connectivity index (χ0v) is 10.9. The highest BCUT2D eigenvalue weighted by atomic mass is 16.5. The van der Waals surface area contributed by atoms with Crippen LogP contribution in [0.15, 0.2) is 0 Å². The number of ether oxygens (including phenoxy) is 1. The van der Waals surface area contributed by atoms with Gasteiger partial charge in [-0.05, 0) is 38.0 Å². The average molecular weight is 257 g/mol.